The van der Waals surface area contributed by atoms with Crippen LogP contribution in [0, 0.1) is 11.8 Å². The molecule has 2 atom stereocenters. The molecule has 0 bridgehead atoms. The number of rotatable bonds is 10. The average Bonchev–Trinajstić information content (AvgIpc) is 3.27. The summed E-state index contributed by atoms with van der Waals surface area (Å²) in [7, 11) is 0. The van der Waals surface area contributed by atoms with Crippen molar-refractivity contribution in [2.45, 2.75) is 90.6 Å². The molecule has 0 aromatic rings. The maximum absolute atomic E-state index is 3.83. The molecule has 0 aromatic carbocycles. The monoisotopic (exact) mass is 294 g/mol. The molecule has 2 nitrogen and oxygen atoms in total. The van der Waals surface area contributed by atoms with Crippen molar-refractivity contribution in [3.63, 3.8) is 0 Å². The average molecular weight is 295 g/mol. The van der Waals surface area contributed by atoms with E-state index in [0.717, 1.165) is 23.9 Å². The molecule has 124 valence electrons. The van der Waals surface area contributed by atoms with Gasteiger partial charge in [0, 0.05) is 25.2 Å². The lowest BCUT2D eigenvalue weighted by Gasteiger charge is -2.41. The summed E-state index contributed by atoms with van der Waals surface area (Å²) < 4.78 is 0. The van der Waals surface area contributed by atoms with Crippen LogP contribution in [0.5, 0.6) is 0 Å². The molecule has 1 saturated heterocycles. The highest BCUT2D eigenvalue weighted by Crippen LogP contribution is 2.36. The summed E-state index contributed by atoms with van der Waals surface area (Å²) in [6, 6.07) is 1.59. The van der Waals surface area contributed by atoms with Crippen LogP contribution < -0.4 is 5.32 Å². The van der Waals surface area contributed by atoms with E-state index in [9.17, 15) is 0 Å². The number of hydrogen-bond acceptors (Lipinski definition) is 2. The van der Waals surface area contributed by atoms with E-state index in [1.165, 1.54) is 77.4 Å². The van der Waals surface area contributed by atoms with Gasteiger partial charge >= 0.3 is 0 Å². The van der Waals surface area contributed by atoms with E-state index >= 15 is 0 Å². The van der Waals surface area contributed by atoms with Gasteiger partial charge in [-0.3, -0.25) is 4.90 Å². The number of unbranched alkanes of at least 4 members (excludes halogenated alkanes) is 5. The van der Waals surface area contributed by atoms with Crippen LogP contribution in [-0.4, -0.2) is 36.6 Å². The summed E-state index contributed by atoms with van der Waals surface area (Å²) in [6.07, 6.45) is 12.8. The maximum Gasteiger partial charge on any atom is 0.0249 e. The fraction of sp³-hybridized carbons (Fsp3) is 1.00. The van der Waals surface area contributed by atoms with Crippen LogP contribution in [-0.2, 0) is 0 Å². The first kappa shape index (κ1) is 17.3. The van der Waals surface area contributed by atoms with E-state index < -0.39 is 0 Å². The zero-order valence-corrected chi connectivity index (χ0v) is 14.7. The zero-order chi connectivity index (χ0) is 15.1. The van der Waals surface area contributed by atoms with E-state index in [1.54, 1.807) is 0 Å². The van der Waals surface area contributed by atoms with Gasteiger partial charge in [-0.15, -0.1) is 0 Å². The molecule has 1 aliphatic carbocycles. The first-order valence-corrected chi connectivity index (χ1v) is 9.68. The molecule has 2 rings (SSSR count). The highest BCUT2D eigenvalue weighted by molar-refractivity contribution is 4.95. The summed E-state index contributed by atoms with van der Waals surface area (Å²) in [5, 5.41) is 3.83. The Kier molecular flexibility index (Phi) is 7.53. The summed E-state index contributed by atoms with van der Waals surface area (Å²) in [6.45, 7) is 10.9. The number of nitrogens with one attached hydrogen (secondary N) is 1. The zero-order valence-electron chi connectivity index (χ0n) is 14.7. The standard InChI is InChI=1S/C19H38N2/c1-4-5-6-7-8-9-12-21-15-18(13-16(2)3)20-14-19(21)17-10-11-17/h16-20H,4-15H2,1-3H3. The van der Waals surface area contributed by atoms with Gasteiger partial charge in [0.15, 0.2) is 0 Å². The van der Waals surface area contributed by atoms with Gasteiger partial charge in [0.1, 0.15) is 0 Å². The van der Waals surface area contributed by atoms with Gasteiger partial charge in [-0.25, -0.2) is 0 Å². The Morgan fingerprint density at radius 2 is 1.76 bits per heavy atom. The van der Waals surface area contributed by atoms with Crippen molar-refractivity contribution >= 4 is 0 Å². The topological polar surface area (TPSA) is 15.3 Å². The molecule has 2 aliphatic rings. The van der Waals surface area contributed by atoms with Crippen molar-refractivity contribution in [1.82, 2.24) is 10.2 Å². The van der Waals surface area contributed by atoms with E-state index in [-0.39, 0.29) is 0 Å². The van der Waals surface area contributed by atoms with Crippen LogP contribution in [0.3, 0.4) is 0 Å². The Balaban J connectivity index is 1.69. The fourth-order valence-electron chi connectivity index (χ4n) is 3.92. The largest absolute Gasteiger partial charge is 0.311 e. The van der Waals surface area contributed by atoms with E-state index in [4.69, 9.17) is 0 Å². The van der Waals surface area contributed by atoms with Gasteiger partial charge in [-0.1, -0.05) is 52.9 Å². The van der Waals surface area contributed by atoms with Gasteiger partial charge in [0.05, 0.1) is 0 Å². The molecule has 1 aliphatic heterocycles. The highest BCUT2D eigenvalue weighted by Gasteiger charge is 2.38. The molecule has 2 fully saturated rings. The maximum atomic E-state index is 3.83. The smallest absolute Gasteiger partial charge is 0.0249 e. The second kappa shape index (κ2) is 9.15. The van der Waals surface area contributed by atoms with Gasteiger partial charge in [0.2, 0.25) is 0 Å². The van der Waals surface area contributed by atoms with Crippen LogP contribution in [0.2, 0.25) is 0 Å². The Labute approximate surface area is 133 Å². The van der Waals surface area contributed by atoms with Gasteiger partial charge in [-0.05, 0) is 44.1 Å². The van der Waals surface area contributed by atoms with E-state index in [2.05, 4.69) is 31.0 Å². The quantitative estimate of drug-likeness (QED) is 0.599. The SMILES string of the molecule is CCCCCCCCN1CC(CC(C)C)NCC1C1CC1. The molecule has 0 amide bonds. The lowest BCUT2D eigenvalue weighted by Crippen LogP contribution is -2.57. The Morgan fingerprint density at radius 3 is 2.43 bits per heavy atom. The number of hydrogen-bond donors (Lipinski definition) is 1. The minimum Gasteiger partial charge on any atom is -0.311 e. The van der Waals surface area contributed by atoms with Crippen molar-refractivity contribution in [2.24, 2.45) is 11.8 Å². The van der Waals surface area contributed by atoms with Gasteiger partial charge in [-0.2, -0.15) is 0 Å². The van der Waals surface area contributed by atoms with E-state index in [1.807, 2.05) is 0 Å². The molecule has 2 unspecified atom stereocenters. The molecule has 0 radical (unpaired) electrons. The predicted molar refractivity (Wildman–Crippen MR) is 92.7 cm³/mol. The lowest BCUT2D eigenvalue weighted by molar-refractivity contribution is 0.105. The van der Waals surface area contributed by atoms with Crippen molar-refractivity contribution in [2.75, 3.05) is 19.6 Å². The van der Waals surface area contributed by atoms with Crippen LogP contribution in [0.25, 0.3) is 0 Å². The number of nitrogens with zero attached hydrogens (tertiary/aromatic N) is 1. The molecular formula is C19H38N2. The van der Waals surface area contributed by atoms with Crippen molar-refractivity contribution < 1.29 is 0 Å². The minimum atomic E-state index is 0.736. The highest BCUT2D eigenvalue weighted by atomic mass is 15.2. The molecule has 1 N–H and O–H groups in total. The summed E-state index contributed by atoms with van der Waals surface area (Å²) in [5.74, 6) is 1.83. The molecule has 0 spiro atoms. The predicted octanol–water partition coefficient (Wildman–Crippen LogP) is 4.45. The molecular weight excluding hydrogens is 256 g/mol. The van der Waals surface area contributed by atoms with Crippen molar-refractivity contribution in [1.29, 1.82) is 0 Å². The van der Waals surface area contributed by atoms with Gasteiger partial charge < -0.3 is 5.32 Å². The van der Waals surface area contributed by atoms with Crippen molar-refractivity contribution in [3.05, 3.63) is 0 Å². The Bertz CT molecular complexity index is 273. The third-order valence-electron chi connectivity index (χ3n) is 5.26. The first-order chi connectivity index (χ1) is 10.2. The summed E-state index contributed by atoms with van der Waals surface area (Å²) in [4.78, 5) is 2.85. The van der Waals surface area contributed by atoms with Crippen LogP contribution in [0.4, 0.5) is 0 Å². The summed E-state index contributed by atoms with van der Waals surface area (Å²) in [5.41, 5.74) is 0. The Hall–Kier alpha value is -0.0800. The van der Waals surface area contributed by atoms with Crippen LogP contribution in [0.15, 0.2) is 0 Å². The fourth-order valence-corrected chi connectivity index (χ4v) is 3.92. The molecule has 0 aromatic heterocycles. The van der Waals surface area contributed by atoms with Crippen LogP contribution >= 0.6 is 0 Å². The Morgan fingerprint density at radius 1 is 1.05 bits per heavy atom. The van der Waals surface area contributed by atoms with Crippen molar-refractivity contribution in [3.8, 4) is 0 Å². The molecule has 1 saturated carbocycles. The lowest BCUT2D eigenvalue weighted by atomic mass is 9.97. The minimum absolute atomic E-state index is 0.736. The molecule has 2 heteroatoms. The molecule has 1 heterocycles. The van der Waals surface area contributed by atoms with Gasteiger partial charge in [0.25, 0.3) is 0 Å². The first-order valence-electron chi connectivity index (χ1n) is 9.68. The normalized spacial score (nSPS) is 27.4. The number of piperazine rings is 1. The van der Waals surface area contributed by atoms with E-state index in [0.29, 0.717) is 0 Å². The molecule has 21 heavy (non-hydrogen) atoms. The van der Waals surface area contributed by atoms with Crippen LogP contribution in [0.1, 0.15) is 78.6 Å². The third kappa shape index (κ3) is 6.28. The third-order valence-corrected chi connectivity index (χ3v) is 5.26. The summed E-state index contributed by atoms with van der Waals surface area (Å²) >= 11 is 0. The second-order valence-corrected chi connectivity index (χ2v) is 7.90. The second-order valence-electron chi connectivity index (χ2n) is 7.90.